The van der Waals surface area contributed by atoms with E-state index in [4.69, 9.17) is 11.0 Å². The van der Waals surface area contributed by atoms with Crippen LogP contribution in [0.3, 0.4) is 0 Å². The highest BCUT2D eigenvalue weighted by molar-refractivity contribution is 7.99. The standard InChI is InChI=1S/C15H20N4S/c1-15(2,10-16)7-3-4-8-20-14-18-12-6-5-11(17)9-13(12)19-14/h5-6,9H,3-4,7-8,17H2,1-2H3,(H,18,19). The topological polar surface area (TPSA) is 78.5 Å². The number of rotatable bonds is 6. The third-order valence-corrected chi connectivity index (χ3v) is 4.18. The molecule has 0 aliphatic heterocycles. The number of unbranched alkanes of at least 4 members (excludes halogenated alkanes) is 1. The maximum absolute atomic E-state index is 8.95. The molecular weight excluding hydrogens is 268 g/mol. The molecule has 0 aliphatic carbocycles. The number of aromatic amines is 1. The van der Waals surface area contributed by atoms with E-state index in [1.807, 2.05) is 32.0 Å². The Hall–Kier alpha value is -1.67. The zero-order valence-electron chi connectivity index (χ0n) is 11.9. The molecule has 106 valence electrons. The minimum absolute atomic E-state index is 0.207. The maximum atomic E-state index is 8.95. The summed E-state index contributed by atoms with van der Waals surface area (Å²) < 4.78 is 0. The number of H-pyrrole nitrogens is 1. The Bertz CT molecular complexity index is 624. The molecule has 0 radical (unpaired) electrons. The van der Waals surface area contributed by atoms with Gasteiger partial charge in [0.25, 0.3) is 0 Å². The molecule has 0 saturated heterocycles. The smallest absolute Gasteiger partial charge is 0.166 e. The first-order valence-corrected chi connectivity index (χ1v) is 7.78. The maximum Gasteiger partial charge on any atom is 0.166 e. The van der Waals surface area contributed by atoms with Crippen LogP contribution in [0.2, 0.25) is 0 Å². The van der Waals surface area contributed by atoms with Crippen molar-refractivity contribution in [1.29, 1.82) is 5.26 Å². The van der Waals surface area contributed by atoms with Crippen LogP contribution in [0.15, 0.2) is 23.4 Å². The van der Waals surface area contributed by atoms with E-state index < -0.39 is 0 Å². The average molecular weight is 288 g/mol. The summed E-state index contributed by atoms with van der Waals surface area (Å²) in [5, 5.41) is 9.89. The van der Waals surface area contributed by atoms with E-state index in [1.165, 1.54) is 0 Å². The van der Waals surface area contributed by atoms with Gasteiger partial charge in [0, 0.05) is 11.4 Å². The molecule has 3 N–H and O–H groups in total. The number of thioether (sulfide) groups is 1. The molecule has 0 spiro atoms. The summed E-state index contributed by atoms with van der Waals surface area (Å²) in [6.07, 6.45) is 3.11. The van der Waals surface area contributed by atoms with Gasteiger partial charge in [-0.3, -0.25) is 0 Å². The van der Waals surface area contributed by atoms with Crippen LogP contribution in [0, 0.1) is 16.7 Å². The minimum Gasteiger partial charge on any atom is -0.399 e. The second-order valence-electron chi connectivity index (χ2n) is 5.62. The number of hydrogen-bond donors (Lipinski definition) is 2. The average Bonchev–Trinajstić information content (AvgIpc) is 2.80. The molecule has 1 aromatic heterocycles. The molecule has 2 aromatic rings. The Labute approximate surface area is 123 Å². The molecule has 0 aliphatic rings. The lowest BCUT2D eigenvalue weighted by molar-refractivity contribution is 0.433. The van der Waals surface area contributed by atoms with Crippen LogP contribution in [0.5, 0.6) is 0 Å². The van der Waals surface area contributed by atoms with E-state index in [0.717, 1.165) is 46.9 Å². The second-order valence-corrected chi connectivity index (χ2v) is 6.70. The zero-order valence-corrected chi connectivity index (χ0v) is 12.8. The van der Waals surface area contributed by atoms with E-state index in [0.29, 0.717) is 0 Å². The molecule has 0 atom stereocenters. The first kappa shape index (κ1) is 14.7. The zero-order chi connectivity index (χ0) is 14.6. The number of anilines is 1. The number of nitrogens with two attached hydrogens (primary N) is 1. The van der Waals surface area contributed by atoms with Gasteiger partial charge in [0.05, 0.1) is 22.5 Å². The lowest BCUT2D eigenvalue weighted by atomic mass is 9.89. The molecule has 1 aromatic carbocycles. The molecule has 4 nitrogen and oxygen atoms in total. The van der Waals surface area contributed by atoms with Gasteiger partial charge in [0.2, 0.25) is 0 Å². The van der Waals surface area contributed by atoms with E-state index in [-0.39, 0.29) is 5.41 Å². The summed E-state index contributed by atoms with van der Waals surface area (Å²) >= 11 is 1.72. The van der Waals surface area contributed by atoms with Gasteiger partial charge in [-0.1, -0.05) is 18.2 Å². The lowest BCUT2D eigenvalue weighted by Gasteiger charge is -2.13. The summed E-state index contributed by atoms with van der Waals surface area (Å²) in [5.41, 5.74) is 8.22. The van der Waals surface area contributed by atoms with E-state index >= 15 is 0 Å². The van der Waals surface area contributed by atoms with Crippen LogP contribution in [-0.2, 0) is 0 Å². The summed E-state index contributed by atoms with van der Waals surface area (Å²) in [6.45, 7) is 3.98. The van der Waals surface area contributed by atoms with Gasteiger partial charge in [0.1, 0.15) is 0 Å². The monoisotopic (exact) mass is 288 g/mol. The van der Waals surface area contributed by atoms with Crippen LogP contribution >= 0.6 is 11.8 Å². The number of aromatic nitrogens is 2. The number of imidazole rings is 1. The number of fused-ring (bicyclic) bond motifs is 1. The number of nitrogens with zero attached hydrogens (tertiary/aromatic N) is 2. The number of nitrogens with one attached hydrogen (secondary N) is 1. The SMILES string of the molecule is CC(C)(C#N)CCCCSc1nc2ccc(N)cc2[nH]1. The molecular formula is C15H20N4S. The van der Waals surface area contributed by atoms with Crippen LogP contribution in [-0.4, -0.2) is 15.7 Å². The van der Waals surface area contributed by atoms with Gasteiger partial charge in [-0.25, -0.2) is 4.98 Å². The highest BCUT2D eigenvalue weighted by Gasteiger charge is 2.15. The van der Waals surface area contributed by atoms with Gasteiger partial charge in [0.15, 0.2) is 5.16 Å². The van der Waals surface area contributed by atoms with Crippen LogP contribution in [0.4, 0.5) is 5.69 Å². The molecule has 2 rings (SSSR count). The first-order valence-electron chi connectivity index (χ1n) is 6.79. The van der Waals surface area contributed by atoms with E-state index in [2.05, 4.69) is 16.0 Å². The number of nitrogen functional groups attached to an aromatic ring is 1. The molecule has 0 unspecified atom stereocenters. The normalized spacial score (nSPS) is 11.7. The molecule has 0 bridgehead atoms. The van der Waals surface area contributed by atoms with Crippen molar-refractivity contribution in [1.82, 2.24) is 9.97 Å². The van der Waals surface area contributed by atoms with Gasteiger partial charge < -0.3 is 10.7 Å². The van der Waals surface area contributed by atoms with Crippen LogP contribution in [0.1, 0.15) is 33.1 Å². The van der Waals surface area contributed by atoms with Crippen molar-refractivity contribution < 1.29 is 0 Å². The fourth-order valence-electron chi connectivity index (χ4n) is 1.97. The fraction of sp³-hybridized carbons (Fsp3) is 0.467. The molecule has 20 heavy (non-hydrogen) atoms. The predicted molar refractivity (Wildman–Crippen MR) is 84.5 cm³/mol. The quantitative estimate of drug-likeness (QED) is 0.479. The minimum atomic E-state index is -0.207. The molecule has 0 amide bonds. The largest absolute Gasteiger partial charge is 0.399 e. The second kappa shape index (κ2) is 6.19. The highest BCUT2D eigenvalue weighted by atomic mass is 32.2. The van der Waals surface area contributed by atoms with E-state index in [1.54, 1.807) is 11.8 Å². The Kier molecular flexibility index (Phi) is 4.56. The van der Waals surface area contributed by atoms with E-state index in [9.17, 15) is 0 Å². The summed E-state index contributed by atoms with van der Waals surface area (Å²) in [7, 11) is 0. The first-order chi connectivity index (χ1) is 9.50. The fourth-order valence-corrected chi connectivity index (χ4v) is 2.85. The number of benzene rings is 1. The van der Waals surface area contributed by atoms with Crippen molar-refractivity contribution in [3.05, 3.63) is 18.2 Å². The Morgan fingerprint density at radius 2 is 2.20 bits per heavy atom. The Balaban J connectivity index is 1.80. The summed E-state index contributed by atoms with van der Waals surface area (Å²) in [6, 6.07) is 8.03. The van der Waals surface area contributed by atoms with Gasteiger partial charge in [-0.15, -0.1) is 0 Å². The van der Waals surface area contributed by atoms with Crippen LogP contribution < -0.4 is 5.73 Å². The number of hydrogen-bond acceptors (Lipinski definition) is 4. The van der Waals surface area contributed by atoms with Gasteiger partial charge >= 0.3 is 0 Å². The third kappa shape index (κ3) is 3.91. The molecule has 1 heterocycles. The van der Waals surface area contributed by atoms with Crippen LogP contribution in [0.25, 0.3) is 11.0 Å². The predicted octanol–water partition coefficient (Wildman–Crippen LogP) is 3.96. The summed E-state index contributed by atoms with van der Waals surface area (Å²) in [4.78, 5) is 7.79. The van der Waals surface area contributed by atoms with Crippen molar-refractivity contribution in [2.45, 2.75) is 38.3 Å². The van der Waals surface area contributed by atoms with Crippen molar-refractivity contribution >= 4 is 28.5 Å². The third-order valence-electron chi connectivity index (χ3n) is 3.22. The van der Waals surface area contributed by atoms with Crippen molar-refractivity contribution in [2.24, 2.45) is 5.41 Å². The Morgan fingerprint density at radius 1 is 1.40 bits per heavy atom. The number of nitriles is 1. The van der Waals surface area contributed by atoms with Crippen molar-refractivity contribution in [3.63, 3.8) is 0 Å². The Morgan fingerprint density at radius 3 is 2.95 bits per heavy atom. The summed E-state index contributed by atoms with van der Waals surface area (Å²) in [5.74, 6) is 1.01. The van der Waals surface area contributed by atoms with Crippen molar-refractivity contribution in [3.8, 4) is 6.07 Å². The van der Waals surface area contributed by atoms with Gasteiger partial charge in [-0.05, 0) is 44.9 Å². The molecule has 0 fully saturated rings. The lowest BCUT2D eigenvalue weighted by Crippen LogP contribution is -2.07. The highest BCUT2D eigenvalue weighted by Crippen LogP contribution is 2.25. The van der Waals surface area contributed by atoms with Gasteiger partial charge in [-0.2, -0.15) is 5.26 Å². The van der Waals surface area contributed by atoms with Crippen molar-refractivity contribution in [2.75, 3.05) is 11.5 Å². The molecule has 0 saturated carbocycles. The molecule has 5 heteroatoms.